The third kappa shape index (κ3) is 4.74. The highest BCUT2D eigenvalue weighted by molar-refractivity contribution is 7.07. The summed E-state index contributed by atoms with van der Waals surface area (Å²) >= 11 is 1.58. The molecule has 122 valence electrons. The Morgan fingerprint density at radius 1 is 1.17 bits per heavy atom. The monoisotopic (exact) mass is 331 g/mol. The topological polar surface area (TPSA) is 61.4 Å². The molecular weight excluding hydrogens is 310 g/mol. The van der Waals surface area contributed by atoms with E-state index in [1.807, 2.05) is 40.2 Å². The molecule has 1 fully saturated rings. The van der Waals surface area contributed by atoms with E-state index in [9.17, 15) is 4.79 Å². The first kappa shape index (κ1) is 15.9. The third-order valence-electron chi connectivity index (χ3n) is 3.91. The van der Waals surface area contributed by atoms with Crippen LogP contribution in [0, 0.1) is 0 Å². The summed E-state index contributed by atoms with van der Waals surface area (Å²) in [6, 6.07) is 6.00. The van der Waals surface area contributed by atoms with E-state index in [4.69, 9.17) is 0 Å². The highest BCUT2D eigenvalue weighted by Gasteiger charge is 2.20. The average Bonchev–Trinajstić information content (AvgIpc) is 3.10. The number of rotatable bonds is 5. The summed E-state index contributed by atoms with van der Waals surface area (Å²) in [6.45, 7) is 4.77. The summed E-state index contributed by atoms with van der Waals surface area (Å²) in [5.41, 5.74) is 3.93. The molecule has 0 saturated carbocycles. The van der Waals surface area contributed by atoms with Crippen molar-refractivity contribution in [3.05, 3.63) is 46.7 Å². The third-order valence-corrected chi connectivity index (χ3v) is 4.55. The number of amides is 2. The number of urea groups is 1. The van der Waals surface area contributed by atoms with Crippen LogP contribution in [0.1, 0.15) is 11.4 Å². The van der Waals surface area contributed by atoms with Gasteiger partial charge in [-0.15, -0.1) is 11.3 Å². The molecular formula is C16H21N5OS. The zero-order valence-corrected chi connectivity index (χ0v) is 13.8. The van der Waals surface area contributed by atoms with Gasteiger partial charge in [-0.1, -0.05) is 6.07 Å². The fourth-order valence-electron chi connectivity index (χ4n) is 2.60. The number of pyridine rings is 1. The zero-order valence-electron chi connectivity index (χ0n) is 13.0. The van der Waals surface area contributed by atoms with E-state index >= 15 is 0 Å². The maximum atomic E-state index is 12.2. The molecule has 0 radical (unpaired) electrons. The number of aromatic nitrogens is 2. The number of hydrogen-bond donors (Lipinski definition) is 1. The number of thiazole rings is 1. The number of piperazine rings is 1. The van der Waals surface area contributed by atoms with Crippen LogP contribution < -0.4 is 5.32 Å². The predicted octanol–water partition coefficient (Wildman–Crippen LogP) is 1.61. The molecule has 1 N–H and O–H groups in total. The van der Waals surface area contributed by atoms with E-state index in [0.29, 0.717) is 6.54 Å². The van der Waals surface area contributed by atoms with Gasteiger partial charge in [0.05, 0.1) is 16.9 Å². The van der Waals surface area contributed by atoms with Crippen LogP contribution >= 0.6 is 11.3 Å². The van der Waals surface area contributed by atoms with Crippen molar-refractivity contribution < 1.29 is 4.79 Å². The van der Waals surface area contributed by atoms with Gasteiger partial charge in [0.25, 0.3) is 0 Å². The number of hydrogen-bond acceptors (Lipinski definition) is 5. The molecule has 0 aromatic carbocycles. The smallest absolute Gasteiger partial charge is 0.317 e. The molecule has 2 aromatic heterocycles. The molecule has 1 aliphatic heterocycles. The van der Waals surface area contributed by atoms with Crippen LogP contribution in [-0.4, -0.2) is 58.5 Å². The van der Waals surface area contributed by atoms with Gasteiger partial charge in [0.1, 0.15) is 0 Å². The first-order valence-electron chi connectivity index (χ1n) is 7.83. The van der Waals surface area contributed by atoms with Gasteiger partial charge in [-0.05, 0) is 12.1 Å². The highest BCUT2D eigenvalue weighted by Crippen LogP contribution is 2.07. The van der Waals surface area contributed by atoms with Crippen molar-refractivity contribution in [3.63, 3.8) is 0 Å². The second-order valence-corrected chi connectivity index (χ2v) is 6.26. The summed E-state index contributed by atoms with van der Waals surface area (Å²) in [4.78, 5) is 24.9. The van der Waals surface area contributed by atoms with Crippen molar-refractivity contribution in [1.82, 2.24) is 25.1 Å². The molecule has 23 heavy (non-hydrogen) atoms. The fraction of sp³-hybridized carbons (Fsp3) is 0.438. The Balaban J connectivity index is 1.37. The van der Waals surface area contributed by atoms with Gasteiger partial charge in [0, 0.05) is 57.3 Å². The van der Waals surface area contributed by atoms with Crippen LogP contribution in [-0.2, 0) is 13.0 Å². The quantitative estimate of drug-likeness (QED) is 0.904. The minimum atomic E-state index is 0.0257. The van der Waals surface area contributed by atoms with Crippen LogP contribution in [0.5, 0.6) is 0 Å². The van der Waals surface area contributed by atoms with E-state index in [2.05, 4.69) is 20.2 Å². The lowest BCUT2D eigenvalue weighted by molar-refractivity contribution is 0.134. The Kier molecular flexibility index (Phi) is 5.55. The van der Waals surface area contributed by atoms with E-state index in [-0.39, 0.29) is 6.03 Å². The molecule has 2 aromatic rings. The van der Waals surface area contributed by atoms with E-state index in [1.165, 1.54) is 0 Å². The molecule has 0 bridgehead atoms. The Morgan fingerprint density at radius 3 is 2.74 bits per heavy atom. The summed E-state index contributed by atoms with van der Waals surface area (Å²) in [7, 11) is 0. The first-order chi connectivity index (χ1) is 11.3. The maximum Gasteiger partial charge on any atom is 0.317 e. The van der Waals surface area contributed by atoms with E-state index < -0.39 is 0 Å². The van der Waals surface area contributed by atoms with Gasteiger partial charge < -0.3 is 10.2 Å². The normalized spacial score (nSPS) is 15.6. The molecule has 7 heteroatoms. The second-order valence-electron chi connectivity index (χ2n) is 5.55. The van der Waals surface area contributed by atoms with Crippen molar-refractivity contribution in [2.45, 2.75) is 13.0 Å². The minimum absolute atomic E-state index is 0.0257. The molecule has 3 rings (SSSR count). The molecule has 3 heterocycles. The molecule has 0 aliphatic carbocycles. The number of nitrogens with zero attached hydrogens (tertiary/aromatic N) is 4. The first-order valence-corrected chi connectivity index (χ1v) is 8.77. The van der Waals surface area contributed by atoms with Crippen LogP contribution in [0.3, 0.4) is 0 Å². The van der Waals surface area contributed by atoms with Crippen molar-refractivity contribution in [3.8, 4) is 0 Å². The van der Waals surface area contributed by atoms with Crippen LogP contribution in [0.2, 0.25) is 0 Å². The molecule has 6 nitrogen and oxygen atoms in total. The summed E-state index contributed by atoms with van der Waals surface area (Å²) < 4.78 is 0. The SMILES string of the molecule is O=C(NCCc1cscn1)N1CCN(Cc2ccccn2)CC1. The van der Waals surface area contributed by atoms with Crippen LogP contribution in [0.15, 0.2) is 35.3 Å². The summed E-state index contributed by atoms with van der Waals surface area (Å²) in [5.74, 6) is 0. The molecule has 0 atom stereocenters. The van der Waals surface area contributed by atoms with E-state index in [0.717, 1.165) is 50.5 Å². The van der Waals surface area contributed by atoms with Gasteiger partial charge in [-0.25, -0.2) is 9.78 Å². The fourth-order valence-corrected chi connectivity index (χ4v) is 3.19. The van der Waals surface area contributed by atoms with Gasteiger partial charge in [0.2, 0.25) is 0 Å². The molecule has 1 saturated heterocycles. The van der Waals surface area contributed by atoms with Gasteiger partial charge >= 0.3 is 6.03 Å². The average molecular weight is 331 g/mol. The number of carbonyl (C=O) groups is 1. The lowest BCUT2D eigenvalue weighted by Gasteiger charge is -2.34. The van der Waals surface area contributed by atoms with E-state index in [1.54, 1.807) is 11.3 Å². The van der Waals surface area contributed by atoms with Gasteiger partial charge in [-0.3, -0.25) is 9.88 Å². The number of nitrogens with one attached hydrogen (secondary N) is 1. The van der Waals surface area contributed by atoms with Gasteiger partial charge in [-0.2, -0.15) is 0 Å². The molecule has 2 amide bonds. The lowest BCUT2D eigenvalue weighted by atomic mass is 10.3. The van der Waals surface area contributed by atoms with Crippen molar-refractivity contribution >= 4 is 17.4 Å². The lowest BCUT2D eigenvalue weighted by Crippen LogP contribution is -2.51. The largest absolute Gasteiger partial charge is 0.338 e. The molecule has 1 aliphatic rings. The molecule has 0 spiro atoms. The number of carbonyl (C=O) groups excluding carboxylic acids is 1. The van der Waals surface area contributed by atoms with Crippen molar-refractivity contribution in [2.75, 3.05) is 32.7 Å². The maximum absolute atomic E-state index is 12.2. The second kappa shape index (κ2) is 8.03. The Morgan fingerprint density at radius 2 is 2.04 bits per heavy atom. The Labute approximate surface area is 140 Å². The summed E-state index contributed by atoms with van der Waals surface area (Å²) in [6.07, 6.45) is 2.61. The standard InChI is InChI=1S/C16H21N5OS/c22-16(18-6-4-15-12-23-13-19-15)21-9-7-20(8-10-21)11-14-3-1-2-5-17-14/h1-3,5,12-13H,4,6-11H2,(H,18,22). The van der Waals surface area contributed by atoms with Crippen LogP contribution in [0.4, 0.5) is 4.79 Å². The Bertz CT molecular complexity index is 596. The summed E-state index contributed by atoms with van der Waals surface area (Å²) in [5, 5.41) is 4.99. The van der Waals surface area contributed by atoms with Crippen LogP contribution in [0.25, 0.3) is 0 Å². The zero-order chi connectivity index (χ0) is 15.9. The van der Waals surface area contributed by atoms with Crippen molar-refractivity contribution in [2.24, 2.45) is 0 Å². The minimum Gasteiger partial charge on any atom is -0.338 e. The highest BCUT2D eigenvalue weighted by atomic mass is 32.1. The predicted molar refractivity (Wildman–Crippen MR) is 90.3 cm³/mol. The van der Waals surface area contributed by atoms with Crippen molar-refractivity contribution in [1.29, 1.82) is 0 Å². The van der Waals surface area contributed by atoms with Gasteiger partial charge in [0.15, 0.2) is 0 Å². The molecule has 0 unspecified atom stereocenters. The Hall–Kier alpha value is -1.99.